The SMILES string of the molecule is CN(CC(=O)O)C(=O)CSc1ccncc1. The lowest BCUT2D eigenvalue weighted by molar-refractivity contribution is -0.142. The van der Waals surface area contributed by atoms with E-state index in [1.54, 1.807) is 24.5 Å². The van der Waals surface area contributed by atoms with Gasteiger partial charge in [-0.25, -0.2) is 0 Å². The average Bonchev–Trinajstić information content (AvgIpc) is 2.26. The maximum atomic E-state index is 11.5. The van der Waals surface area contributed by atoms with Crippen LogP contribution in [0.5, 0.6) is 0 Å². The molecule has 1 N–H and O–H groups in total. The van der Waals surface area contributed by atoms with Gasteiger partial charge < -0.3 is 10.0 Å². The summed E-state index contributed by atoms with van der Waals surface area (Å²) in [7, 11) is 1.48. The third-order valence-corrected chi connectivity index (χ3v) is 2.81. The van der Waals surface area contributed by atoms with Gasteiger partial charge in [-0.15, -0.1) is 11.8 Å². The van der Waals surface area contributed by atoms with E-state index in [9.17, 15) is 9.59 Å². The molecule has 1 aromatic rings. The van der Waals surface area contributed by atoms with Crippen molar-refractivity contribution in [2.24, 2.45) is 0 Å². The minimum Gasteiger partial charge on any atom is -0.480 e. The van der Waals surface area contributed by atoms with E-state index in [0.29, 0.717) is 0 Å². The molecule has 1 heterocycles. The van der Waals surface area contributed by atoms with Gasteiger partial charge >= 0.3 is 5.97 Å². The number of aliphatic carboxylic acids is 1. The minimum absolute atomic E-state index is 0.204. The summed E-state index contributed by atoms with van der Waals surface area (Å²) in [5.74, 6) is -0.984. The van der Waals surface area contributed by atoms with Crippen LogP contribution in [0.2, 0.25) is 0 Å². The van der Waals surface area contributed by atoms with Crippen molar-refractivity contribution in [1.82, 2.24) is 9.88 Å². The number of thioether (sulfide) groups is 1. The fraction of sp³-hybridized carbons (Fsp3) is 0.300. The molecule has 0 spiro atoms. The van der Waals surface area contributed by atoms with E-state index in [4.69, 9.17) is 5.11 Å². The molecule has 0 unspecified atom stereocenters. The standard InChI is InChI=1S/C10H12N2O3S/c1-12(6-10(14)15)9(13)7-16-8-2-4-11-5-3-8/h2-5H,6-7H2,1H3,(H,14,15). The Morgan fingerprint density at radius 3 is 2.62 bits per heavy atom. The second-order valence-corrected chi connectivity index (χ2v) is 4.16. The first-order chi connectivity index (χ1) is 7.59. The van der Waals surface area contributed by atoms with E-state index in [1.807, 2.05) is 0 Å². The minimum atomic E-state index is -1.01. The molecule has 0 aliphatic carbocycles. The van der Waals surface area contributed by atoms with E-state index in [-0.39, 0.29) is 18.2 Å². The Bertz CT molecular complexity index is 370. The number of pyridine rings is 1. The maximum Gasteiger partial charge on any atom is 0.323 e. The summed E-state index contributed by atoms with van der Waals surface area (Å²) in [4.78, 5) is 27.8. The second-order valence-electron chi connectivity index (χ2n) is 3.12. The lowest BCUT2D eigenvalue weighted by Crippen LogP contribution is -2.33. The van der Waals surface area contributed by atoms with Crippen molar-refractivity contribution >= 4 is 23.6 Å². The number of likely N-dealkylation sites (N-methyl/N-ethyl adjacent to an activating group) is 1. The number of amides is 1. The molecule has 0 saturated heterocycles. The molecule has 0 aromatic carbocycles. The summed E-state index contributed by atoms with van der Waals surface area (Å²) >= 11 is 1.36. The highest BCUT2D eigenvalue weighted by molar-refractivity contribution is 8.00. The molecule has 0 radical (unpaired) electrons. The molecule has 1 rings (SSSR count). The molecule has 0 saturated carbocycles. The number of aromatic nitrogens is 1. The molecule has 6 heteroatoms. The zero-order valence-electron chi connectivity index (χ0n) is 8.79. The monoisotopic (exact) mass is 240 g/mol. The first-order valence-corrected chi connectivity index (χ1v) is 5.56. The maximum absolute atomic E-state index is 11.5. The summed E-state index contributed by atoms with van der Waals surface area (Å²) in [6.07, 6.45) is 3.29. The number of carboxylic acids is 1. The second kappa shape index (κ2) is 6.12. The Kier molecular flexibility index (Phi) is 4.78. The summed E-state index contributed by atoms with van der Waals surface area (Å²) in [5.41, 5.74) is 0. The van der Waals surface area contributed by atoms with E-state index in [2.05, 4.69) is 4.98 Å². The Labute approximate surface area is 97.5 Å². The van der Waals surface area contributed by atoms with Crippen molar-refractivity contribution in [2.45, 2.75) is 4.90 Å². The molecule has 0 aliphatic rings. The van der Waals surface area contributed by atoms with Crippen molar-refractivity contribution in [1.29, 1.82) is 0 Å². The predicted octanol–water partition coefficient (Wildman–Crippen LogP) is 0.717. The molecule has 0 atom stereocenters. The number of carbonyl (C=O) groups is 2. The highest BCUT2D eigenvalue weighted by atomic mass is 32.2. The van der Waals surface area contributed by atoms with Gasteiger partial charge in [-0.05, 0) is 12.1 Å². The van der Waals surface area contributed by atoms with Crippen molar-refractivity contribution in [2.75, 3.05) is 19.3 Å². The predicted molar refractivity (Wildman–Crippen MR) is 60.2 cm³/mol. The van der Waals surface area contributed by atoms with Crippen LogP contribution >= 0.6 is 11.8 Å². The first kappa shape index (κ1) is 12.5. The van der Waals surface area contributed by atoms with E-state index >= 15 is 0 Å². The molecule has 0 bridgehead atoms. The number of rotatable bonds is 5. The van der Waals surface area contributed by atoms with Gasteiger partial charge in [0.1, 0.15) is 6.54 Å². The molecule has 86 valence electrons. The number of nitrogens with zero attached hydrogens (tertiary/aromatic N) is 2. The quantitative estimate of drug-likeness (QED) is 0.768. The zero-order chi connectivity index (χ0) is 12.0. The van der Waals surface area contributed by atoms with Crippen LogP contribution in [0.3, 0.4) is 0 Å². The first-order valence-electron chi connectivity index (χ1n) is 4.58. The number of hydrogen-bond donors (Lipinski definition) is 1. The van der Waals surface area contributed by atoms with Crippen molar-refractivity contribution < 1.29 is 14.7 Å². The summed E-state index contributed by atoms with van der Waals surface area (Å²) in [6, 6.07) is 3.60. The van der Waals surface area contributed by atoms with Gasteiger partial charge in [-0.2, -0.15) is 0 Å². The molecular formula is C10H12N2O3S. The smallest absolute Gasteiger partial charge is 0.323 e. The van der Waals surface area contributed by atoms with Gasteiger partial charge in [0.2, 0.25) is 5.91 Å². The Hall–Kier alpha value is -1.56. The van der Waals surface area contributed by atoms with Gasteiger partial charge in [-0.1, -0.05) is 0 Å². The molecule has 1 amide bonds. The molecular weight excluding hydrogens is 228 g/mol. The van der Waals surface area contributed by atoms with Gasteiger partial charge in [0.15, 0.2) is 0 Å². The molecule has 5 nitrogen and oxygen atoms in total. The summed E-state index contributed by atoms with van der Waals surface area (Å²) in [5, 5.41) is 8.51. The summed E-state index contributed by atoms with van der Waals surface area (Å²) < 4.78 is 0. The Balaban J connectivity index is 2.38. The highest BCUT2D eigenvalue weighted by Gasteiger charge is 2.11. The lowest BCUT2D eigenvalue weighted by atomic mass is 10.5. The fourth-order valence-corrected chi connectivity index (χ4v) is 1.81. The van der Waals surface area contributed by atoms with Gasteiger partial charge in [-0.3, -0.25) is 14.6 Å². The molecule has 16 heavy (non-hydrogen) atoms. The highest BCUT2D eigenvalue weighted by Crippen LogP contribution is 2.16. The van der Waals surface area contributed by atoms with Crippen LogP contribution in [-0.4, -0.2) is 46.2 Å². The fourth-order valence-electron chi connectivity index (χ4n) is 0.981. The largest absolute Gasteiger partial charge is 0.480 e. The van der Waals surface area contributed by atoms with Gasteiger partial charge in [0.25, 0.3) is 0 Å². The topological polar surface area (TPSA) is 70.5 Å². The number of carbonyl (C=O) groups excluding carboxylic acids is 1. The normalized spacial score (nSPS) is 9.81. The van der Waals surface area contributed by atoms with Crippen LogP contribution in [0.15, 0.2) is 29.4 Å². The van der Waals surface area contributed by atoms with E-state index in [0.717, 1.165) is 4.90 Å². The number of hydrogen-bond acceptors (Lipinski definition) is 4. The average molecular weight is 240 g/mol. The molecule has 0 aliphatic heterocycles. The molecule has 0 fully saturated rings. The molecule has 1 aromatic heterocycles. The van der Waals surface area contributed by atoms with Crippen LogP contribution in [-0.2, 0) is 9.59 Å². The van der Waals surface area contributed by atoms with Crippen LogP contribution in [0.25, 0.3) is 0 Å². The lowest BCUT2D eigenvalue weighted by Gasteiger charge is -2.13. The third kappa shape index (κ3) is 4.31. The Morgan fingerprint density at radius 2 is 2.06 bits per heavy atom. The van der Waals surface area contributed by atoms with Crippen LogP contribution < -0.4 is 0 Å². The van der Waals surface area contributed by atoms with E-state index in [1.165, 1.54) is 23.7 Å². The van der Waals surface area contributed by atoms with Crippen LogP contribution in [0.1, 0.15) is 0 Å². The van der Waals surface area contributed by atoms with Crippen molar-refractivity contribution in [3.05, 3.63) is 24.5 Å². The van der Waals surface area contributed by atoms with E-state index < -0.39 is 5.97 Å². The van der Waals surface area contributed by atoms with Crippen LogP contribution in [0, 0.1) is 0 Å². The summed E-state index contributed by atoms with van der Waals surface area (Å²) in [6.45, 7) is -0.268. The van der Waals surface area contributed by atoms with Crippen molar-refractivity contribution in [3.63, 3.8) is 0 Å². The third-order valence-electron chi connectivity index (χ3n) is 1.81. The van der Waals surface area contributed by atoms with Crippen LogP contribution in [0.4, 0.5) is 0 Å². The van der Waals surface area contributed by atoms with Crippen molar-refractivity contribution in [3.8, 4) is 0 Å². The van der Waals surface area contributed by atoms with Gasteiger partial charge in [0.05, 0.1) is 5.75 Å². The van der Waals surface area contributed by atoms with Gasteiger partial charge in [0, 0.05) is 24.3 Å². The number of carboxylic acid groups (broad SMARTS) is 1. The zero-order valence-corrected chi connectivity index (χ0v) is 9.61. The Morgan fingerprint density at radius 1 is 1.44 bits per heavy atom.